The summed E-state index contributed by atoms with van der Waals surface area (Å²) in [6, 6.07) is 8.27. The van der Waals surface area contributed by atoms with E-state index in [1.807, 2.05) is 14.1 Å². The first-order chi connectivity index (χ1) is 7.25. The lowest BCUT2D eigenvalue weighted by Gasteiger charge is -2.13. The summed E-state index contributed by atoms with van der Waals surface area (Å²) in [5.74, 6) is 0.868. The molecule has 0 aliphatic carbocycles. The molecule has 1 aliphatic heterocycles. The zero-order valence-electron chi connectivity index (χ0n) is 9.12. The molecule has 0 amide bonds. The monoisotopic (exact) mass is 204 g/mol. The molecule has 0 radical (unpaired) electrons. The van der Waals surface area contributed by atoms with E-state index < -0.39 is 0 Å². The van der Waals surface area contributed by atoms with Crippen molar-refractivity contribution in [1.29, 1.82) is 0 Å². The Morgan fingerprint density at radius 3 is 2.53 bits per heavy atom. The van der Waals surface area contributed by atoms with Gasteiger partial charge in [-0.25, -0.2) is 0 Å². The van der Waals surface area contributed by atoms with Crippen molar-refractivity contribution in [2.75, 3.05) is 37.4 Å². The molecule has 4 heteroatoms. The molecular weight excluding hydrogens is 188 g/mol. The molecule has 0 bridgehead atoms. The summed E-state index contributed by atoms with van der Waals surface area (Å²) in [4.78, 5) is 6.35. The summed E-state index contributed by atoms with van der Waals surface area (Å²) in [5, 5.41) is 6.40. The van der Waals surface area contributed by atoms with Crippen molar-refractivity contribution in [3.63, 3.8) is 0 Å². The Morgan fingerprint density at radius 2 is 2.00 bits per heavy atom. The van der Waals surface area contributed by atoms with Gasteiger partial charge in [0.1, 0.15) is 0 Å². The van der Waals surface area contributed by atoms with Gasteiger partial charge in [-0.2, -0.15) is 0 Å². The van der Waals surface area contributed by atoms with Crippen LogP contribution in [0, 0.1) is 0 Å². The SMILES string of the molecule is CN(C)c1ccc(NC2=NCCN2)cc1. The van der Waals surface area contributed by atoms with Gasteiger partial charge in [-0.05, 0) is 24.3 Å². The van der Waals surface area contributed by atoms with Crippen LogP contribution in [0.1, 0.15) is 0 Å². The van der Waals surface area contributed by atoms with Crippen molar-refractivity contribution in [3.8, 4) is 0 Å². The largest absolute Gasteiger partial charge is 0.378 e. The first kappa shape index (κ1) is 9.83. The molecular formula is C11H16N4. The predicted molar refractivity (Wildman–Crippen MR) is 64.7 cm³/mol. The maximum Gasteiger partial charge on any atom is 0.195 e. The number of benzene rings is 1. The van der Waals surface area contributed by atoms with Gasteiger partial charge in [0, 0.05) is 32.0 Å². The third kappa shape index (κ3) is 2.40. The summed E-state index contributed by atoms with van der Waals surface area (Å²) < 4.78 is 0. The Kier molecular flexibility index (Phi) is 2.76. The third-order valence-corrected chi connectivity index (χ3v) is 2.32. The van der Waals surface area contributed by atoms with Crippen LogP contribution < -0.4 is 15.5 Å². The molecule has 4 nitrogen and oxygen atoms in total. The minimum absolute atomic E-state index is 0.859. The summed E-state index contributed by atoms with van der Waals surface area (Å²) in [7, 11) is 4.07. The van der Waals surface area contributed by atoms with Gasteiger partial charge in [0.05, 0.1) is 6.54 Å². The maximum atomic E-state index is 4.27. The van der Waals surface area contributed by atoms with Crippen molar-refractivity contribution in [2.45, 2.75) is 0 Å². The number of nitrogens with one attached hydrogen (secondary N) is 2. The molecule has 1 aromatic carbocycles. The van der Waals surface area contributed by atoms with Gasteiger partial charge in [0.15, 0.2) is 5.96 Å². The van der Waals surface area contributed by atoms with Crippen LogP contribution in [0.15, 0.2) is 29.3 Å². The van der Waals surface area contributed by atoms with E-state index in [0.29, 0.717) is 0 Å². The molecule has 80 valence electrons. The van der Waals surface area contributed by atoms with Gasteiger partial charge in [0.2, 0.25) is 0 Å². The lowest BCUT2D eigenvalue weighted by molar-refractivity contribution is 0.959. The van der Waals surface area contributed by atoms with Crippen LogP contribution in [0.3, 0.4) is 0 Å². The molecule has 2 N–H and O–H groups in total. The standard InChI is InChI=1S/C11H16N4/c1-15(2)10-5-3-9(4-6-10)14-11-12-7-8-13-11/h3-6H,7-8H2,1-2H3,(H2,12,13,14). The molecule has 2 rings (SSSR count). The molecule has 0 saturated heterocycles. The molecule has 0 spiro atoms. The van der Waals surface area contributed by atoms with E-state index in [1.54, 1.807) is 0 Å². The summed E-state index contributed by atoms with van der Waals surface area (Å²) in [6.07, 6.45) is 0. The van der Waals surface area contributed by atoms with E-state index in [2.05, 4.69) is 44.8 Å². The topological polar surface area (TPSA) is 39.7 Å². The van der Waals surface area contributed by atoms with Crippen LogP contribution in [-0.4, -0.2) is 33.1 Å². The average molecular weight is 204 g/mol. The van der Waals surface area contributed by atoms with Crippen LogP contribution in [0.2, 0.25) is 0 Å². The van der Waals surface area contributed by atoms with Crippen molar-refractivity contribution in [1.82, 2.24) is 5.32 Å². The highest BCUT2D eigenvalue weighted by atomic mass is 15.2. The summed E-state index contributed by atoms with van der Waals surface area (Å²) in [5.41, 5.74) is 2.26. The molecule has 1 aliphatic rings. The fourth-order valence-electron chi connectivity index (χ4n) is 1.46. The summed E-state index contributed by atoms with van der Waals surface area (Å²) in [6.45, 7) is 1.79. The van der Waals surface area contributed by atoms with Gasteiger partial charge >= 0.3 is 0 Å². The van der Waals surface area contributed by atoms with Crippen molar-refractivity contribution in [3.05, 3.63) is 24.3 Å². The Labute approximate surface area is 90.0 Å². The van der Waals surface area contributed by atoms with Gasteiger partial charge in [-0.1, -0.05) is 0 Å². The van der Waals surface area contributed by atoms with E-state index in [4.69, 9.17) is 0 Å². The third-order valence-electron chi connectivity index (χ3n) is 2.32. The number of hydrogen-bond donors (Lipinski definition) is 2. The van der Waals surface area contributed by atoms with E-state index in [0.717, 1.165) is 24.7 Å². The highest BCUT2D eigenvalue weighted by Crippen LogP contribution is 2.15. The average Bonchev–Trinajstić information content (AvgIpc) is 2.71. The number of guanidine groups is 1. The van der Waals surface area contributed by atoms with Crippen LogP contribution in [0.5, 0.6) is 0 Å². The zero-order chi connectivity index (χ0) is 10.7. The Hall–Kier alpha value is -1.71. The van der Waals surface area contributed by atoms with E-state index in [-0.39, 0.29) is 0 Å². The normalized spacial score (nSPS) is 14.4. The lowest BCUT2D eigenvalue weighted by atomic mass is 10.2. The second-order valence-corrected chi connectivity index (χ2v) is 3.72. The molecule has 0 atom stereocenters. The first-order valence-corrected chi connectivity index (χ1v) is 5.08. The predicted octanol–water partition coefficient (Wildman–Crippen LogP) is 1.12. The number of nitrogens with zero attached hydrogens (tertiary/aromatic N) is 2. The molecule has 15 heavy (non-hydrogen) atoms. The van der Waals surface area contributed by atoms with E-state index in [1.165, 1.54) is 5.69 Å². The van der Waals surface area contributed by atoms with Crippen LogP contribution in [-0.2, 0) is 0 Å². The highest BCUT2D eigenvalue weighted by molar-refractivity contribution is 5.94. The van der Waals surface area contributed by atoms with E-state index >= 15 is 0 Å². The van der Waals surface area contributed by atoms with Gasteiger partial charge < -0.3 is 15.5 Å². The number of anilines is 2. The zero-order valence-corrected chi connectivity index (χ0v) is 9.12. The smallest absolute Gasteiger partial charge is 0.195 e. The minimum Gasteiger partial charge on any atom is -0.378 e. The lowest BCUT2D eigenvalue weighted by Crippen LogP contribution is -2.26. The number of aliphatic imine (C=N–C) groups is 1. The molecule has 0 aromatic heterocycles. The van der Waals surface area contributed by atoms with Crippen LogP contribution in [0.25, 0.3) is 0 Å². The minimum atomic E-state index is 0.859. The number of hydrogen-bond acceptors (Lipinski definition) is 4. The van der Waals surface area contributed by atoms with E-state index in [9.17, 15) is 0 Å². The van der Waals surface area contributed by atoms with Crippen molar-refractivity contribution in [2.24, 2.45) is 4.99 Å². The molecule has 1 heterocycles. The maximum absolute atomic E-state index is 4.27. The van der Waals surface area contributed by atoms with Gasteiger partial charge in [-0.3, -0.25) is 4.99 Å². The quantitative estimate of drug-likeness (QED) is 0.758. The van der Waals surface area contributed by atoms with Crippen molar-refractivity contribution < 1.29 is 0 Å². The molecule has 0 fully saturated rings. The fraction of sp³-hybridized carbons (Fsp3) is 0.364. The second-order valence-electron chi connectivity index (χ2n) is 3.72. The molecule has 0 saturated carbocycles. The van der Waals surface area contributed by atoms with Gasteiger partial charge in [-0.15, -0.1) is 0 Å². The Morgan fingerprint density at radius 1 is 1.27 bits per heavy atom. The summed E-state index contributed by atoms with van der Waals surface area (Å²) >= 11 is 0. The fourth-order valence-corrected chi connectivity index (χ4v) is 1.46. The highest BCUT2D eigenvalue weighted by Gasteiger charge is 2.04. The van der Waals surface area contributed by atoms with Crippen molar-refractivity contribution >= 4 is 17.3 Å². The first-order valence-electron chi connectivity index (χ1n) is 5.08. The molecule has 0 unspecified atom stereocenters. The molecule has 1 aromatic rings. The Bertz CT molecular complexity index is 353. The second kappa shape index (κ2) is 4.21. The number of rotatable bonds is 2. The van der Waals surface area contributed by atoms with Crippen LogP contribution >= 0.6 is 0 Å². The van der Waals surface area contributed by atoms with Gasteiger partial charge in [0.25, 0.3) is 0 Å². The van der Waals surface area contributed by atoms with Crippen LogP contribution in [0.4, 0.5) is 11.4 Å². The Balaban J connectivity index is 2.03.